The number of anilines is 1. The molecule has 1 fully saturated rings. The van der Waals surface area contributed by atoms with Crippen LogP contribution in [0, 0.1) is 0 Å². The van der Waals surface area contributed by atoms with Crippen molar-refractivity contribution in [2.24, 2.45) is 0 Å². The van der Waals surface area contributed by atoms with Crippen LogP contribution in [0.25, 0.3) is 11.1 Å². The first kappa shape index (κ1) is 40.1. The molecule has 3 N–H and O–H groups in total. The summed E-state index contributed by atoms with van der Waals surface area (Å²) in [6.07, 6.45) is 6.72. The predicted molar refractivity (Wildman–Crippen MR) is 211 cm³/mol. The highest BCUT2D eigenvalue weighted by atomic mass is 16.6. The van der Waals surface area contributed by atoms with E-state index in [0.717, 1.165) is 80.6 Å². The highest BCUT2D eigenvalue weighted by molar-refractivity contribution is 5.91. The summed E-state index contributed by atoms with van der Waals surface area (Å²) in [6, 6.07) is 28.5. The van der Waals surface area contributed by atoms with Crippen molar-refractivity contribution in [2.75, 3.05) is 51.6 Å². The van der Waals surface area contributed by atoms with Gasteiger partial charge < -0.3 is 29.4 Å². The molecule has 0 unspecified atom stereocenters. The van der Waals surface area contributed by atoms with Crippen LogP contribution in [0.3, 0.4) is 0 Å². The Bertz CT molecular complexity index is 1710. The van der Waals surface area contributed by atoms with Gasteiger partial charge in [0.25, 0.3) is 0 Å². The van der Waals surface area contributed by atoms with E-state index in [1.807, 2.05) is 90.8 Å². The molecule has 0 spiro atoms. The van der Waals surface area contributed by atoms with Gasteiger partial charge in [-0.2, -0.15) is 0 Å². The number of aromatic hydroxyl groups is 1. The van der Waals surface area contributed by atoms with Crippen LogP contribution >= 0.6 is 0 Å². The van der Waals surface area contributed by atoms with E-state index in [2.05, 4.69) is 20.4 Å². The van der Waals surface area contributed by atoms with E-state index in [1.165, 1.54) is 0 Å². The first-order valence-electron chi connectivity index (χ1n) is 19.2. The highest BCUT2D eigenvalue weighted by Gasteiger charge is 2.23. The summed E-state index contributed by atoms with van der Waals surface area (Å²) in [5.41, 5.74) is 3.66. The van der Waals surface area contributed by atoms with Crippen LogP contribution in [-0.2, 0) is 27.4 Å². The minimum absolute atomic E-state index is 0.0333. The van der Waals surface area contributed by atoms with Gasteiger partial charge >= 0.3 is 6.09 Å². The molecule has 288 valence electrons. The largest absolute Gasteiger partial charge is 0.508 e. The first-order valence-corrected chi connectivity index (χ1v) is 19.2. The molecule has 3 amide bonds. The Labute approximate surface area is 319 Å². The van der Waals surface area contributed by atoms with E-state index in [-0.39, 0.29) is 23.7 Å². The Hall–Kier alpha value is -5.13. The zero-order valence-corrected chi connectivity index (χ0v) is 31.5. The highest BCUT2D eigenvalue weighted by Crippen LogP contribution is 2.28. The number of nitrogens with one attached hydrogen (secondary N) is 2. The number of carbonyl (C=O) groups is 3. The topological polar surface area (TPSA) is 128 Å². The number of hydrogen-bond donors (Lipinski definition) is 3. The lowest BCUT2D eigenvalue weighted by Crippen LogP contribution is -2.40. The molecule has 1 aromatic heterocycles. The molecule has 0 aliphatic carbocycles. The number of piperidine rings is 1. The van der Waals surface area contributed by atoms with Gasteiger partial charge in [-0.25, -0.2) is 4.79 Å². The lowest BCUT2D eigenvalue weighted by molar-refractivity contribution is -0.132. The van der Waals surface area contributed by atoms with Gasteiger partial charge in [0.2, 0.25) is 11.8 Å². The van der Waals surface area contributed by atoms with E-state index in [1.54, 1.807) is 18.4 Å². The fourth-order valence-electron chi connectivity index (χ4n) is 6.70. The average molecular weight is 738 g/mol. The van der Waals surface area contributed by atoms with Crippen molar-refractivity contribution in [3.05, 3.63) is 109 Å². The standard InChI is InChI=1S/C43H55N5O6/c1-46(33-38-14-11-31-53-38)26-10-17-42(51)48(32-34-18-20-36(49)21-19-34)27-9-3-8-25-44-41(50)24-30-47-28-22-37(23-29-47)54-43(52)45-40-16-7-6-15-39(40)35-12-4-2-5-13-35/h2,4-7,11-16,18-21,31,37,49H,3,8-10,17,22-30,32-33H2,1H3,(H,44,50)(H,45,52). The number of rotatable bonds is 20. The number of phenolic OH excluding ortho intramolecular Hbond substituents is 1. The summed E-state index contributed by atoms with van der Waals surface area (Å²) in [5.74, 6) is 1.26. The van der Waals surface area contributed by atoms with Crippen molar-refractivity contribution in [1.82, 2.24) is 20.0 Å². The van der Waals surface area contributed by atoms with E-state index in [4.69, 9.17) is 9.15 Å². The number of likely N-dealkylation sites (tertiary alicyclic amines) is 1. The lowest BCUT2D eigenvalue weighted by Gasteiger charge is -2.31. The van der Waals surface area contributed by atoms with Crippen molar-refractivity contribution < 1.29 is 28.6 Å². The number of amides is 3. The van der Waals surface area contributed by atoms with Crippen molar-refractivity contribution in [2.45, 2.75) is 70.6 Å². The molecule has 0 bridgehead atoms. The molecule has 2 heterocycles. The minimum atomic E-state index is -0.450. The molecule has 0 radical (unpaired) electrons. The summed E-state index contributed by atoms with van der Waals surface area (Å²) >= 11 is 0. The Kier molecular flexibility index (Phi) is 16.0. The molecule has 0 atom stereocenters. The molecule has 3 aromatic carbocycles. The number of para-hydroxylation sites is 1. The molecule has 1 aliphatic rings. The van der Waals surface area contributed by atoms with Crippen molar-refractivity contribution in [1.29, 1.82) is 0 Å². The maximum absolute atomic E-state index is 13.3. The number of benzene rings is 3. The monoisotopic (exact) mass is 737 g/mol. The second-order valence-electron chi connectivity index (χ2n) is 14.0. The molecule has 1 saturated heterocycles. The van der Waals surface area contributed by atoms with Gasteiger partial charge in [-0.3, -0.25) is 19.8 Å². The van der Waals surface area contributed by atoms with Gasteiger partial charge in [-0.05, 0) is 93.6 Å². The predicted octanol–water partition coefficient (Wildman–Crippen LogP) is 7.28. The van der Waals surface area contributed by atoms with Crippen LogP contribution in [0.2, 0.25) is 0 Å². The number of hydrogen-bond acceptors (Lipinski definition) is 8. The van der Waals surface area contributed by atoms with Gasteiger partial charge in [0, 0.05) is 57.7 Å². The normalized spacial score (nSPS) is 13.4. The fraction of sp³-hybridized carbons (Fsp3) is 0.419. The quantitative estimate of drug-likeness (QED) is 0.0808. The molecule has 4 aromatic rings. The Morgan fingerprint density at radius 1 is 0.833 bits per heavy atom. The number of phenols is 1. The van der Waals surface area contributed by atoms with Gasteiger partial charge in [-0.15, -0.1) is 0 Å². The maximum atomic E-state index is 13.3. The third kappa shape index (κ3) is 13.7. The SMILES string of the molecule is CN(CCCC(=O)N(CCCCCNC(=O)CCN1CCC(OC(=O)Nc2ccccc2-c2ccccc2)CC1)Cc1ccc(O)cc1)Cc1ccco1. The molecular formula is C43H55N5O6. The zero-order valence-electron chi connectivity index (χ0n) is 31.5. The summed E-state index contributed by atoms with van der Waals surface area (Å²) in [4.78, 5) is 44.9. The van der Waals surface area contributed by atoms with Crippen molar-refractivity contribution >= 4 is 23.6 Å². The second kappa shape index (κ2) is 21.5. The first-order chi connectivity index (χ1) is 26.3. The Morgan fingerprint density at radius 2 is 1.59 bits per heavy atom. The number of nitrogens with zero attached hydrogens (tertiary/aromatic N) is 3. The lowest BCUT2D eigenvalue weighted by atomic mass is 10.0. The number of unbranched alkanes of at least 4 members (excludes halogenated alkanes) is 2. The molecule has 11 nitrogen and oxygen atoms in total. The van der Waals surface area contributed by atoms with Gasteiger partial charge in [-0.1, -0.05) is 60.7 Å². The van der Waals surface area contributed by atoms with Crippen LogP contribution in [-0.4, -0.2) is 90.1 Å². The minimum Gasteiger partial charge on any atom is -0.508 e. The van der Waals surface area contributed by atoms with Gasteiger partial charge in [0.05, 0.1) is 18.5 Å². The smallest absolute Gasteiger partial charge is 0.411 e. The summed E-state index contributed by atoms with van der Waals surface area (Å²) in [6.45, 7) is 5.44. The molecule has 54 heavy (non-hydrogen) atoms. The fourth-order valence-corrected chi connectivity index (χ4v) is 6.70. The van der Waals surface area contributed by atoms with Crippen LogP contribution in [0.1, 0.15) is 62.7 Å². The molecule has 1 aliphatic heterocycles. The van der Waals surface area contributed by atoms with Crippen LogP contribution in [0.4, 0.5) is 10.5 Å². The molecule has 5 rings (SSSR count). The zero-order chi connectivity index (χ0) is 38.0. The van der Waals surface area contributed by atoms with Crippen LogP contribution in [0.15, 0.2) is 102 Å². The Balaban J connectivity index is 0.937. The third-order valence-corrected chi connectivity index (χ3v) is 9.74. The van der Waals surface area contributed by atoms with Crippen LogP contribution < -0.4 is 10.6 Å². The van der Waals surface area contributed by atoms with E-state index in [9.17, 15) is 19.5 Å². The average Bonchev–Trinajstić information content (AvgIpc) is 3.69. The second-order valence-corrected chi connectivity index (χ2v) is 14.0. The van der Waals surface area contributed by atoms with Gasteiger partial charge in [0.1, 0.15) is 17.6 Å². The number of furan rings is 1. The third-order valence-electron chi connectivity index (χ3n) is 9.74. The van der Waals surface area contributed by atoms with E-state index < -0.39 is 6.09 Å². The van der Waals surface area contributed by atoms with E-state index >= 15 is 0 Å². The maximum Gasteiger partial charge on any atom is 0.411 e. The summed E-state index contributed by atoms with van der Waals surface area (Å²) in [5, 5.41) is 15.7. The number of ether oxygens (including phenoxy) is 1. The Morgan fingerprint density at radius 3 is 2.35 bits per heavy atom. The number of carbonyl (C=O) groups excluding carboxylic acids is 3. The van der Waals surface area contributed by atoms with Crippen molar-refractivity contribution in [3.63, 3.8) is 0 Å². The summed E-state index contributed by atoms with van der Waals surface area (Å²) in [7, 11) is 2.02. The molecule has 0 saturated carbocycles. The van der Waals surface area contributed by atoms with Gasteiger partial charge in [0.15, 0.2) is 0 Å². The summed E-state index contributed by atoms with van der Waals surface area (Å²) < 4.78 is 11.2. The van der Waals surface area contributed by atoms with Crippen LogP contribution in [0.5, 0.6) is 5.75 Å². The molecular weight excluding hydrogens is 683 g/mol. The van der Waals surface area contributed by atoms with E-state index in [0.29, 0.717) is 51.3 Å². The van der Waals surface area contributed by atoms with Crippen molar-refractivity contribution in [3.8, 4) is 16.9 Å². The molecule has 11 heteroatoms.